The Labute approximate surface area is 197 Å². The number of benzene rings is 2. The lowest BCUT2D eigenvalue weighted by Crippen LogP contribution is -2.38. The number of aromatic nitrogens is 3. The monoisotopic (exact) mass is 536 g/mol. The van der Waals surface area contributed by atoms with Crippen LogP contribution in [0, 0.1) is 0 Å². The Kier molecular flexibility index (Phi) is 7.93. The van der Waals surface area contributed by atoms with E-state index in [1.807, 2.05) is 42.5 Å². The number of fused-ring (bicyclic) bond motifs is 1. The minimum Gasteiger partial charge on any atom is -0.497 e. The fraction of sp³-hybridized carbons (Fsp3) is 0.286. The third-order valence-electron chi connectivity index (χ3n) is 4.67. The number of guanidine groups is 1. The first-order chi connectivity index (χ1) is 14.7. The Morgan fingerprint density at radius 3 is 2.71 bits per heavy atom. The summed E-state index contributed by atoms with van der Waals surface area (Å²) in [5.74, 6) is 4.45. The van der Waals surface area contributed by atoms with E-state index in [1.165, 1.54) is 5.56 Å². The van der Waals surface area contributed by atoms with E-state index in [9.17, 15) is 0 Å². The van der Waals surface area contributed by atoms with E-state index in [-0.39, 0.29) is 30.8 Å². The molecule has 1 aliphatic rings. The SMILES string of the molecule is CN=C(NCCc1ccc2c(c1)OCO2)NCc1nc(-c2ccc(OC)cc2)n[nH]1.I. The molecule has 0 unspecified atom stereocenters. The second-order valence-electron chi connectivity index (χ2n) is 6.62. The van der Waals surface area contributed by atoms with E-state index in [0.717, 1.165) is 41.6 Å². The number of methoxy groups -OCH3 is 1. The molecule has 31 heavy (non-hydrogen) atoms. The molecule has 0 saturated carbocycles. The zero-order valence-corrected chi connectivity index (χ0v) is 19.7. The summed E-state index contributed by atoms with van der Waals surface area (Å²) in [6.07, 6.45) is 0.835. The molecule has 0 spiro atoms. The predicted octanol–water partition coefficient (Wildman–Crippen LogP) is 2.73. The summed E-state index contributed by atoms with van der Waals surface area (Å²) in [6.45, 7) is 1.50. The van der Waals surface area contributed by atoms with E-state index in [4.69, 9.17) is 14.2 Å². The van der Waals surface area contributed by atoms with Crippen molar-refractivity contribution in [3.05, 3.63) is 53.9 Å². The number of aliphatic imine (C=N–C) groups is 1. The van der Waals surface area contributed by atoms with E-state index >= 15 is 0 Å². The highest BCUT2D eigenvalue weighted by Crippen LogP contribution is 2.32. The van der Waals surface area contributed by atoms with Crippen molar-refractivity contribution in [3.8, 4) is 28.6 Å². The zero-order valence-electron chi connectivity index (χ0n) is 17.3. The highest BCUT2D eigenvalue weighted by Gasteiger charge is 2.13. The molecule has 2 heterocycles. The summed E-state index contributed by atoms with van der Waals surface area (Å²) in [7, 11) is 3.38. The average Bonchev–Trinajstić information content (AvgIpc) is 3.45. The number of hydrogen-bond donors (Lipinski definition) is 3. The van der Waals surface area contributed by atoms with Gasteiger partial charge in [0.05, 0.1) is 13.7 Å². The Morgan fingerprint density at radius 2 is 1.94 bits per heavy atom. The number of H-pyrrole nitrogens is 1. The van der Waals surface area contributed by atoms with Crippen molar-refractivity contribution < 1.29 is 14.2 Å². The van der Waals surface area contributed by atoms with Crippen LogP contribution in [-0.2, 0) is 13.0 Å². The smallest absolute Gasteiger partial charge is 0.231 e. The molecule has 0 atom stereocenters. The van der Waals surface area contributed by atoms with Gasteiger partial charge in [0, 0.05) is 19.2 Å². The Bertz CT molecular complexity index is 1020. The van der Waals surface area contributed by atoms with Gasteiger partial charge in [-0.3, -0.25) is 10.1 Å². The molecule has 3 N–H and O–H groups in total. The molecule has 0 radical (unpaired) electrons. The number of aromatic amines is 1. The van der Waals surface area contributed by atoms with Gasteiger partial charge in [-0.15, -0.1) is 24.0 Å². The van der Waals surface area contributed by atoms with Crippen LogP contribution in [0.2, 0.25) is 0 Å². The summed E-state index contributed by atoms with van der Waals surface area (Å²) < 4.78 is 15.9. The number of nitrogens with zero attached hydrogens (tertiary/aromatic N) is 3. The minimum absolute atomic E-state index is 0. The summed E-state index contributed by atoms with van der Waals surface area (Å²) in [4.78, 5) is 8.77. The second kappa shape index (κ2) is 10.8. The van der Waals surface area contributed by atoms with E-state index in [2.05, 4.69) is 30.8 Å². The van der Waals surface area contributed by atoms with Gasteiger partial charge in [0.2, 0.25) is 6.79 Å². The van der Waals surface area contributed by atoms with E-state index < -0.39 is 0 Å². The van der Waals surface area contributed by atoms with Gasteiger partial charge in [-0.2, -0.15) is 5.10 Å². The molecule has 0 bridgehead atoms. The highest BCUT2D eigenvalue weighted by atomic mass is 127. The Morgan fingerprint density at radius 1 is 1.13 bits per heavy atom. The standard InChI is InChI=1S/C21H24N6O3.HI/c1-22-21(23-10-9-14-3-8-17-18(11-14)30-13-29-17)24-12-19-25-20(27-26-19)15-4-6-16(28-2)7-5-15;/h3-8,11H,9-10,12-13H2,1-2H3,(H2,22,23,24)(H,25,26,27);1H. The first-order valence-electron chi connectivity index (χ1n) is 9.64. The van der Waals surface area contributed by atoms with Gasteiger partial charge >= 0.3 is 0 Å². The van der Waals surface area contributed by atoms with Crippen LogP contribution in [0.4, 0.5) is 0 Å². The lowest BCUT2D eigenvalue weighted by molar-refractivity contribution is 0.174. The molecule has 3 aromatic rings. The van der Waals surface area contributed by atoms with Crippen LogP contribution < -0.4 is 24.8 Å². The molecule has 10 heteroatoms. The molecule has 9 nitrogen and oxygen atoms in total. The van der Waals surface area contributed by atoms with Crippen molar-refractivity contribution in [3.63, 3.8) is 0 Å². The molecule has 1 aromatic heterocycles. The number of rotatable bonds is 7. The maximum Gasteiger partial charge on any atom is 0.231 e. The van der Waals surface area contributed by atoms with Gasteiger partial charge < -0.3 is 24.8 Å². The topological polar surface area (TPSA) is 106 Å². The van der Waals surface area contributed by atoms with Crippen molar-refractivity contribution >= 4 is 29.9 Å². The first kappa shape index (κ1) is 22.7. The van der Waals surface area contributed by atoms with Crippen molar-refractivity contribution in [1.82, 2.24) is 25.8 Å². The molecule has 164 valence electrons. The van der Waals surface area contributed by atoms with Gasteiger partial charge in [-0.25, -0.2) is 4.98 Å². The molecule has 2 aromatic carbocycles. The fourth-order valence-electron chi connectivity index (χ4n) is 3.05. The number of ether oxygens (including phenoxy) is 3. The summed E-state index contributed by atoms with van der Waals surface area (Å²) >= 11 is 0. The lowest BCUT2D eigenvalue weighted by atomic mass is 10.1. The number of hydrogen-bond acceptors (Lipinski definition) is 6. The summed E-state index contributed by atoms with van der Waals surface area (Å²) in [5, 5.41) is 13.8. The van der Waals surface area contributed by atoms with E-state index in [0.29, 0.717) is 18.3 Å². The van der Waals surface area contributed by atoms with Crippen molar-refractivity contribution in [2.24, 2.45) is 4.99 Å². The number of halogens is 1. The quantitative estimate of drug-likeness (QED) is 0.242. The average molecular weight is 536 g/mol. The zero-order chi connectivity index (χ0) is 20.8. The molecule has 0 fully saturated rings. The largest absolute Gasteiger partial charge is 0.497 e. The molecule has 4 rings (SSSR count). The van der Waals surface area contributed by atoms with Gasteiger partial charge in [0.1, 0.15) is 11.6 Å². The molecule has 0 saturated heterocycles. The molecule has 0 amide bonds. The van der Waals surface area contributed by atoms with Crippen molar-refractivity contribution in [2.75, 3.05) is 27.5 Å². The van der Waals surface area contributed by atoms with Crippen LogP contribution in [0.25, 0.3) is 11.4 Å². The highest BCUT2D eigenvalue weighted by molar-refractivity contribution is 14.0. The van der Waals surface area contributed by atoms with Crippen molar-refractivity contribution in [1.29, 1.82) is 0 Å². The third kappa shape index (κ3) is 5.78. The molecular weight excluding hydrogens is 511 g/mol. The van der Waals surface area contributed by atoms with Gasteiger partial charge in [0.15, 0.2) is 23.3 Å². The molecule has 1 aliphatic heterocycles. The fourth-order valence-corrected chi connectivity index (χ4v) is 3.05. The molecule has 0 aliphatic carbocycles. The summed E-state index contributed by atoms with van der Waals surface area (Å²) in [6, 6.07) is 13.6. The van der Waals surface area contributed by atoms with Gasteiger partial charge in [-0.05, 0) is 48.4 Å². The van der Waals surface area contributed by atoms with Crippen LogP contribution in [0.1, 0.15) is 11.4 Å². The minimum atomic E-state index is 0. The summed E-state index contributed by atoms with van der Waals surface area (Å²) in [5.41, 5.74) is 2.09. The van der Waals surface area contributed by atoms with Crippen molar-refractivity contribution in [2.45, 2.75) is 13.0 Å². The van der Waals surface area contributed by atoms with Gasteiger partial charge in [-0.1, -0.05) is 6.07 Å². The normalized spacial score (nSPS) is 12.3. The van der Waals surface area contributed by atoms with Crippen LogP contribution in [0.15, 0.2) is 47.5 Å². The van der Waals surface area contributed by atoms with Gasteiger partial charge in [0.25, 0.3) is 0 Å². The molecular formula is C21H25IN6O3. The number of nitrogens with one attached hydrogen (secondary N) is 3. The maximum atomic E-state index is 5.42. The maximum absolute atomic E-state index is 5.42. The lowest BCUT2D eigenvalue weighted by Gasteiger charge is -2.11. The third-order valence-corrected chi connectivity index (χ3v) is 4.67. The van der Waals surface area contributed by atoms with Crippen LogP contribution >= 0.6 is 24.0 Å². The van der Waals surface area contributed by atoms with Crippen LogP contribution in [0.3, 0.4) is 0 Å². The van der Waals surface area contributed by atoms with Crippen LogP contribution in [0.5, 0.6) is 17.2 Å². The Balaban J connectivity index is 0.00000272. The van der Waals surface area contributed by atoms with E-state index in [1.54, 1.807) is 14.2 Å². The van der Waals surface area contributed by atoms with Crippen LogP contribution in [-0.4, -0.2) is 48.6 Å². The predicted molar refractivity (Wildman–Crippen MR) is 128 cm³/mol. The Hall–Kier alpha value is -3.02. The first-order valence-corrected chi connectivity index (χ1v) is 9.64. The second-order valence-corrected chi connectivity index (χ2v) is 6.62.